The van der Waals surface area contributed by atoms with Gasteiger partial charge < -0.3 is 25.0 Å². The van der Waals surface area contributed by atoms with Gasteiger partial charge in [0.05, 0.1) is 30.3 Å². The van der Waals surface area contributed by atoms with Gasteiger partial charge in [-0.25, -0.2) is 22.9 Å². The number of alkyl carbamates (subject to hydrolysis) is 1. The van der Waals surface area contributed by atoms with Crippen molar-refractivity contribution in [3.05, 3.63) is 36.2 Å². The summed E-state index contributed by atoms with van der Waals surface area (Å²) in [5.74, 6) is 0.785. The molecule has 42 heavy (non-hydrogen) atoms. The van der Waals surface area contributed by atoms with Gasteiger partial charge in [-0.15, -0.1) is 0 Å². The number of morpholine rings is 1. The molecule has 2 aromatic heterocycles. The molecule has 5 rings (SSSR count). The van der Waals surface area contributed by atoms with Gasteiger partial charge in [-0.05, 0) is 64.5 Å². The number of nitrogens with one attached hydrogen (secondary N) is 2. The molecule has 1 saturated carbocycles. The molecule has 0 spiro atoms. The fourth-order valence-electron chi connectivity index (χ4n) is 5.50. The van der Waals surface area contributed by atoms with Crippen LogP contribution in [-0.2, 0) is 9.47 Å². The Morgan fingerprint density at radius 2 is 1.86 bits per heavy atom. The lowest BCUT2D eigenvalue weighted by Gasteiger charge is -2.35. The van der Waals surface area contributed by atoms with Crippen LogP contribution in [0.1, 0.15) is 58.7 Å². The van der Waals surface area contributed by atoms with Crippen LogP contribution in [0, 0.1) is 5.92 Å². The Hall–Kier alpha value is -3.61. The van der Waals surface area contributed by atoms with Crippen LogP contribution >= 0.6 is 0 Å². The summed E-state index contributed by atoms with van der Waals surface area (Å²) in [4.78, 5) is 27.4. The zero-order valence-electron chi connectivity index (χ0n) is 24.2. The van der Waals surface area contributed by atoms with Gasteiger partial charge in [0.15, 0.2) is 5.82 Å². The number of aromatic nitrogens is 4. The summed E-state index contributed by atoms with van der Waals surface area (Å²) in [6.45, 7) is 6.42. The van der Waals surface area contributed by atoms with E-state index in [0.29, 0.717) is 42.5 Å². The van der Waals surface area contributed by atoms with E-state index in [9.17, 15) is 18.0 Å². The van der Waals surface area contributed by atoms with Crippen molar-refractivity contribution in [3.63, 3.8) is 0 Å². The summed E-state index contributed by atoms with van der Waals surface area (Å²) in [6.07, 6.45) is 0.111. The second kappa shape index (κ2) is 12.7. The zero-order valence-corrected chi connectivity index (χ0v) is 24.2. The number of anilines is 2. The summed E-state index contributed by atoms with van der Waals surface area (Å²) in [6, 6.07) is 7.99. The van der Waals surface area contributed by atoms with Crippen molar-refractivity contribution in [1.82, 2.24) is 24.8 Å². The van der Waals surface area contributed by atoms with Gasteiger partial charge in [-0.3, -0.25) is 4.57 Å². The van der Waals surface area contributed by atoms with Crippen LogP contribution in [0.15, 0.2) is 30.3 Å². The highest BCUT2D eigenvalue weighted by Crippen LogP contribution is 2.31. The summed E-state index contributed by atoms with van der Waals surface area (Å²) in [5, 5.41) is 6.26. The van der Waals surface area contributed by atoms with Gasteiger partial charge in [-0.1, -0.05) is 12.1 Å². The molecule has 1 aliphatic carbocycles. The van der Waals surface area contributed by atoms with Crippen LogP contribution in [0.5, 0.6) is 0 Å². The molecule has 2 N–H and O–H groups in total. The van der Waals surface area contributed by atoms with Gasteiger partial charge >= 0.3 is 6.09 Å². The monoisotopic (exact) mass is 589 g/mol. The minimum atomic E-state index is -2.83. The summed E-state index contributed by atoms with van der Waals surface area (Å²) in [5.41, 5.74) is 0.360. The van der Waals surface area contributed by atoms with Crippen LogP contribution < -0.4 is 15.5 Å². The molecule has 228 valence electrons. The number of nitrogens with zero attached hydrogens (tertiary/aromatic N) is 5. The smallest absolute Gasteiger partial charge is 0.407 e. The number of para-hydroxylation sites is 2. The Morgan fingerprint density at radius 3 is 2.57 bits per heavy atom. The van der Waals surface area contributed by atoms with Gasteiger partial charge in [0, 0.05) is 25.2 Å². The molecule has 1 amide bonds. The molecule has 3 aromatic rings. The fraction of sp³-hybridized carbons (Fsp3) is 0.586. The molecule has 0 unspecified atom stereocenters. The Morgan fingerprint density at radius 1 is 1.12 bits per heavy atom. The number of halogens is 3. The SMILES string of the molecule is CC(C)(C)OC(=O)N[C@H]1CC[C@H](CNc2nc(N3CCOC[C@@H]3CF)cc(-n3c(C(F)F)nc4ccccc43)n2)CC1. The molecule has 10 nitrogen and oxygen atoms in total. The van der Waals surface area contributed by atoms with Gasteiger partial charge in [0.1, 0.15) is 23.9 Å². The first-order chi connectivity index (χ1) is 20.1. The van der Waals surface area contributed by atoms with E-state index in [-0.39, 0.29) is 24.4 Å². The molecule has 1 aliphatic heterocycles. The topological polar surface area (TPSA) is 106 Å². The third-order valence-electron chi connectivity index (χ3n) is 7.53. The average Bonchev–Trinajstić information content (AvgIpc) is 3.36. The van der Waals surface area contributed by atoms with Crippen molar-refractivity contribution in [1.29, 1.82) is 0 Å². The predicted molar refractivity (Wildman–Crippen MR) is 153 cm³/mol. The van der Waals surface area contributed by atoms with Crippen LogP contribution in [0.4, 0.5) is 29.7 Å². The molecule has 0 bridgehead atoms. The molecule has 13 heteroatoms. The minimum absolute atomic E-state index is 0.0449. The molecule has 0 radical (unpaired) electrons. The van der Waals surface area contributed by atoms with Crippen LogP contribution in [0.3, 0.4) is 0 Å². The van der Waals surface area contributed by atoms with Gasteiger partial charge in [0.2, 0.25) is 5.95 Å². The number of ether oxygens (including phenoxy) is 2. The number of carbonyl (C=O) groups excluding carboxylic acids is 1. The lowest BCUT2D eigenvalue weighted by Crippen LogP contribution is -2.47. The van der Waals surface area contributed by atoms with Gasteiger partial charge in [0.25, 0.3) is 6.43 Å². The van der Waals surface area contributed by atoms with E-state index in [1.165, 1.54) is 4.57 Å². The number of imidazole rings is 1. The highest BCUT2D eigenvalue weighted by Gasteiger charge is 2.28. The van der Waals surface area contributed by atoms with Crippen molar-refractivity contribution in [2.24, 2.45) is 5.92 Å². The van der Waals surface area contributed by atoms with Crippen LogP contribution in [-0.4, -0.2) is 76.3 Å². The number of alkyl halides is 3. The van der Waals surface area contributed by atoms with E-state index in [1.54, 1.807) is 35.2 Å². The Kier molecular flexibility index (Phi) is 9.05. The highest BCUT2D eigenvalue weighted by atomic mass is 19.3. The van der Waals surface area contributed by atoms with Gasteiger partial charge in [-0.2, -0.15) is 9.97 Å². The average molecular weight is 590 g/mol. The summed E-state index contributed by atoms with van der Waals surface area (Å²) in [7, 11) is 0. The fourth-order valence-corrected chi connectivity index (χ4v) is 5.50. The normalized spacial score (nSPS) is 21.5. The van der Waals surface area contributed by atoms with Crippen LogP contribution in [0.25, 0.3) is 16.9 Å². The van der Waals surface area contributed by atoms with Crippen molar-refractivity contribution in [2.75, 3.05) is 43.2 Å². The maximum absolute atomic E-state index is 14.2. The summed E-state index contributed by atoms with van der Waals surface area (Å²) < 4.78 is 54.4. The van der Waals surface area contributed by atoms with E-state index < -0.39 is 36.7 Å². The number of benzene rings is 1. The first-order valence-electron chi connectivity index (χ1n) is 14.4. The highest BCUT2D eigenvalue weighted by molar-refractivity contribution is 5.78. The molecule has 2 fully saturated rings. The van der Waals surface area contributed by atoms with E-state index in [0.717, 1.165) is 25.7 Å². The molecule has 1 atom stereocenters. The molecular formula is C29H38F3N7O3. The quantitative estimate of drug-likeness (QED) is 0.359. The summed E-state index contributed by atoms with van der Waals surface area (Å²) >= 11 is 0. The second-order valence-electron chi connectivity index (χ2n) is 11.8. The lowest BCUT2D eigenvalue weighted by atomic mass is 9.86. The van der Waals surface area contributed by atoms with Crippen molar-refractivity contribution < 1.29 is 27.4 Å². The maximum atomic E-state index is 14.2. The first-order valence-corrected chi connectivity index (χ1v) is 14.4. The third-order valence-corrected chi connectivity index (χ3v) is 7.53. The van der Waals surface area contributed by atoms with E-state index in [2.05, 4.69) is 25.6 Å². The number of hydrogen-bond acceptors (Lipinski definition) is 8. The Labute approximate surface area is 243 Å². The third kappa shape index (κ3) is 7.05. The Bertz CT molecular complexity index is 1370. The second-order valence-corrected chi connectivity index (χ2v) is 11.8. The zero-order chi connectivity index (χ0) is 29.9. The van der Waals surface area contributed by atoms with Crippen LogP contribution in [0.2, 0.25) is 0 Å². The predicted octanol–water partition coefficient (Wildman–Crippen LogP) is 5.42. The molecule has 2 aliphatic rings. The van der Waals surface area contributed by atoms with Crippen molar-refractivity contribution in [3.8, 4) is 5.82 Å². The number of hydrogen-bond donors (Lipinski definition) is 2. The standard InChI is InChI=1S/C29H38F3N7O3/c1-29(2,3)42-28(40)34-19-10-8-18(9-11-19)16-33-27-36-23(38-12-13-41-17-20(38)15-30)14-24(37-27)39-22-7-5-4-6-21(22)35-26(39)25(31)32/h4-7,14,18-20,25H,8-13,15-17H2,1-3H3,(H,34,40)(H,33,36,37)/t18-,19-,20-/m0/s1. The lowest BCUT2D eigenvalue weighted by molar-refractivity contribution is 0.0488. The molecule has 1 saturated heterocycles. The van der Waals surface area contributed by atoms with Crippen molar-refractivity contribution in [2.45, 2.75) is 70.6 Å². The largest absolute Gasteiger partial charge is 0.444 e. The minimum Gasteiger partial charge on any atom is -0.444 e. The Balaban J connectivity index is 1.36. The van der Waals surface area contributed by atoms with E-state index >= 15 is 0 Å². The van der Waals surface area contributed by atoms with E-state index in [4.69, 9.17) is 9.47 Å². The molecule has 1 aromatic carbocycles. The maximum Gasteiger partial charge on any atom is 0.407 e. The molecule has 3 heterocycles. The number of fused-ring (bicyclic) bond motifs is 1. The first kappa shape index (κ1) is 29.9. The number of rotatable bonds is 8. The van der Waals surface area contributed by atoms with E-state index in [1.807, 2.05) is 20.8 Å². The van der Waals surface area contributed by atoms with Crippen molar-refractivity contribution >= 4 is 28.9 Å². The number of amides is 1. The molecular weight excluding hydrogens is 551 g/mol. The number of carbonyl (C=O) groups is 1.